The number of hydrogen-bond acceptors (Lipinski definition) is 3. The molecule has 1 saturated heterocycles. The van der Waals surface area contributed by atoms with Crippen molar-refractivity contribution in [2.75, 3.05) is 0 Å². The van der Waals surface area contributed by atoms with Gasteiger partial charge in [-0.25, -0.2) is 0 Å². The molecule has 5 nitrogen and oxygen atoms in total. The fraction of sp³-hybridized carbons (Fsp3) is 0.400. The maximum Gasteiger partial charge on any atom is 0.270 e. The van der Waals surface area contributed by atoms with Crippen LogP contribution in [0.5, 0.6) is 0 Å². The summed E-state index contributed by atoms with van der Waals surface area (Å²) in [6.45, 7) is 0. The summed E-state index contributed by atoms with van der Waals surface area (Å²) >= 11 is 0. The molecule has 0 aromatic heterocycles. The first-order valence-electron chi connectivity index (χ1n) is 6.92. The van der Waals surface area contributed by atoms with Crippen molar-refractivity contribution in [3.05, 3.63) is 35.9 Å². The van der Waals surface area contributed by atoms with E-state index in [1.54, 1.807) is 30.3 Å². The number of hydrazine groups is 1. The number of imide groups is 1. The lowest BCUT2D eigenvalue weighted by Crippen LogP contribution is -2.46. The summed E-state index contributed by atoms with van der Waals surface area (Å²) in [6, 6.07) is 8.57. The largest absolute Gasteiger partial charge is 0.272 e. The Kier molecular flexibility index (Phi) is 3.26. The third kappa shape index (κ3) is 2.09. The third-order valence-electron chi connectivity index (χ3n) is 4.09. The molecule has 1 aliphatic heterocycles. The molecule has 0 radical (unpaired) electrons. The standard InChI is InChI=1S/C15H16N2O3/c18-13(10-6-2-1-3-7-10)16-17-14(19)11-8-4-5-9-12(11)15(17)20/h1-3,6-7,11-12H,4-5,8-9H2,(H,16,18)/t11-,12+. The molecule has 1 aromatic rings. The van der Waals surface area contributed by atoms with Crippen LogP contribution in [0.3, 0.4) is 0 Å². The molecule has 104 valence electrons. The van der Waals surface area contributed by atoms with Crippen LogP contribution in [-0.4, -0.2) is 22.7 Å². The molecular formula is C15H16N2O3. The van der Waals surface area contributed by atoms with Gasteiger partial charge < -0.3 is 0 Å². The Hall–Kier alpha value is -2.17. The maximum atomic E-state index is 12.2. The fourth-order valence-electron chi connectivity index (χ4n) is 3.03. The molecule has 3 amide bonds. The Bertz CT molecular complexity index is 531. The first-order valence-corrected chi connectivity index (χ1v) is 6.92. The van der Waals surface area contributed by atoms with Crippen molar-refractivity contribution in [1.29, 1.82) is 0 Å². The Morgan fingerprint density at radius 1 is 1.00 bits per heavy atom. The van der Waals surface area contributed by atoms with Crippen LogP contribution < -0.4 is 5.43 Å². The van der Waals surface area contributed by atoms with Gasteiger partial charge in [-0.05, 0) is 25.0 Å². The SMILES string of the molecule is O=C(NN1C(=O)[C@H]2CCCC[C@H]2C1=O)c1ccccc1. The summed E-state index contributed by atoms with van der Waals surface area (Å²) in [5.41, 5.74) is 2.88. The number of fused-ring (bicyclic) bond motifs is 1. The van der Waals surface area contributed by atoms with Gasteiger partial charge in [0.1, 0.15) is 0 Å². The first-order chi connectivity index (χ1) is 9.68. The molecule has 1 heterocycles. The Morgan fingerprint density at radius 2 is 1.55 bits per heavy atom. The smallest absolute Gasteiger partial charge is 0.270 e. The highest BCUT2D eigenvalue weighted by Crippen LogP contribution is 2.37. The zero-order chi connectivity index (χ0) is 14.1. The summed E-state index contributed by atoms with van der Waals surface area (Å²) in [5.74, 6) is -1.43. The number of benzene rings is 1. The van der Waals surface area contributed by atoms with Crippen LogP contribution in [0.25, 0.3) is 0 Å². The molecule has 1 aliphatic carbocycles. The Labute approximate surface area is 116 Å². The Balaban J connectivity index is 1.76. The van der Waals surface area contributed by atoms with Crippen molar-refractivity contribution >= 4 is 17.7 Å². The molecule has 0 unspecified atom stereocenters. The minimum Gasteiger partial charge on any atom is -0.272 e. The van der Waals surface area contributed by atoms with Crippen molar-refractivity contribution in [2.24, 2.45) is 11.8 Å². The second-order valence-electron chi connectivity index (χ2n) is 5.32. The molecule has 2 atom stereocenters. The highest BCUT2D eigenvalue weighted by atomic mass is 16.2. The number of nitrogens with zero attached hydrogens (tertiary/aromatic N) is 1. The monoisotopic (exact) mass is 272 g/mol. The zero-order valence-corrected chi connectivity index (χ0v) is 11.0. The summed E-state index contributed by atoms with van der Waals surface area (Å²) in [6.07, 6.45) is 3.43. The molecule has 3 rings (SSSR count). The van der Waals surface area contributed by atoms with E-state index in [4.69, 9.17) is 0 Å². The lowest BCUT2D eigenvalue weighted by Gasteiger charge is -2.19. The van der Waals surface area contributed by atoms with E-state index in [2.05, 4.69) is 5.43 Å². The minimum absolute atomic E-state index is 0.243. The molecule has 2 fully saturated rings. The number of amides is 3. The third-order valence-corrected chi connectivity index (χ3v) is 4.09. The molecule has 1 saturated carbocycles. The van der Waals surface area contributed by atoms with Crippen LogP contribution in [0.1, 0.15) is 36.0 Å². The normalized spacial score (nSPS) is 25.5. The van der Waals surface area contributed by atoms with Crippen LogP contribution in [-0.2, 0) is 9.59 Å². The van der Waals surface area contributed by atoms with Crippen molar-refractivity contribution in [3.63, 3.8) is 0 Å². The molecule has 20 heavy (non-hydrogen) atoms. The van der Waals surface area contributed by atoms with E-state index in [9.17, 15) is 14.4 Å². The van der Waals surface area contributed by atoms with Crippen LogP contribution >= 0.6 is 0 Å². The van der Waals surface area contributed by atoms with Gasteiger partial charge in [0, 0.05) is 5.56 Å². The Morgan fingerprint density at radius 3 is 2.10 bits per heavy atom. The van der Waals surface area contributed by atoms with Gasteiger partial charge in [0.15, 0.2) is 0 Å². The van der Waals surface area contributed by atoms with Gasteiger partial charge in [-0.3, -0.25) is 19.8 Å². The van der Waals surface area contributed by atoms with Crippen molar-refractivity contribution in [3.8, 4) is 0 Å². The number of carbonyl (C=O) groups excluding carboxylic acids is 3. The second kappa shape index (κ2) is 5.07. The average molecular weight is 272 g/mol. The van der Waals surface area contributed by atoms with Gasteiger partial charge in [-0.1, -0.05) is 31.0 Å². The number of rotatable bonds is 2. The van der Waals surface area contributed by atoms with Crippen LogP contribution in [0.15, 0.2) is 30.3 Å². The topological polar surface area (TPSA) is 66.5 Å². The van der Waals surface area contributed by atoms with Gasteiger partial charge in [0.25, 0.3) is 17.7 Å². The molecule has 0 bridgehead atoms. The average Bonchev–Trinajstić information content (AvgIpc) is 2.74. The molecule has 2 aliphatic rings. The lowest BCUT2D eigenvalue weighted by molar-refractivity contribution is -0.142. The van der Waals surface area contributed by atoms with Gasteiger partial charge in [-0.2, -0.15) is 5.01 Å². The van der Waals surface area contributed by atoms with E-state index >= 15 is 0 Å². The van der Waals surface area contributed by atoms with E-state index in [0.29, 0.717) is 5.56 Å². The minimum atomic E-state index is -0.425. The highest BCUT2D eigenvalue weighted by molar-refractivity contribution is 6.07. The van der Waals surface area contributed by atoms with Gasteiger partial charge in [-0.15, -0.1) is 0 Å². The number of hydrogen-bond donors (Lipinski definition) is 1. The summed E-state index contributed by atoms with van der Waals surface area (Å²) in [5, 5.41) is 0.927. The van der Waals surface area contributed by atoms with Crippen LogP contribution in [0.4, 0.5) is 0 Å². The van der Waals surface area contributed by atoms with Crippen molar-refractivity contribution in [1.82, 2.24) is 10.4 Å². The molecule has 5 heteroatoms. The van der Waals surface area contributed by atoms with Crippen molar-refractivity contribution < 1.29 is 14.4 Å². The lowest BCUT2D eigenvalue weighted by atomic mass is 9.81. The quantitative estimate of drug-likeness (QED) is 0.830. The van der Waals surface area contributed by atoms with E-state index in [1.807, 2.05) is 0 Å². The summed E-state index contributed by atoms with van der Waals surface area (Å²) < 4.78 is 0. The van der Waals surface area contributed by atoms with Gasteiger partial charge in [0.05, 0.1) is 11.8 Å². The van der Waals surface area contributed by atoms with E-state index < -0.39 is 5.91 Å². The van der Waals surface area contributed by atoms with Crippen molar-refractivity contribution in [2.45, 2.75) is 25.7 Å². The first kappa shape index (κ1) is 12.8. The van der Waals surface area contributed by atoms with E-state index in [1.165, 1.54) is 0 Å². The number of nitrogens with one attached hydrogen (secondary N) is 1. The van der Waals surface area contributed by atoms with Gasteiger partial charge in [0.2, 0.25) is 0 Å². The van der Waals surface area contributed by atoms with Crippen LogP contribution in [0, 0.1) is 11.8 Å². The maximum absolute atomic E-state index is 12.2. The highest BCUT2D eigenvalue weighted by Gasteiger charge is 2.49. The summed E-state index contributed by atoms with van der Waals surface area (Å²) in [7, 11) is 0. The summed E-state index contributed by atoms with van der Waals surface area (Å²) in [4.78, 5) is 36.5. The van der Waals surface area contributed by atoms with E-state index in [-0.39, 0.29) is 23.7 Å². The predicted molar refractivity (Wildman–Crippen MR) is 71.2 cm³/mol. The van der Waals surface area contributed by atoms with E-state index in [0.717, 1.165) is 30.7 Å². The van der Waals surface area contributed by atoms with Crippen LogP contribution in [0.2, 0.25) is 0 Å². The zero-order valence-electron chi connectivity index (χ0n) is 11.0. The second-order valence-corrected chi connectivity index (χ2v) is 5.32. The number of carbonyl (C=O) groups is 3. The molecule has 1 N–H and O–H groups in total. The molecule has 1 aromatic carbocycles. The molecular weight excluding hydrogens is 256 g/mol. The van der Waals surface area contributed by atoms with Gasteiger partial charge >= 0.3 is 0 Å². The molecule has 0 spiro atoms. The fourth-order valence-corrected chi connectivity index (χ4v) is 3.03. The predicted octanol–water partition coefficient (Wildman–Crippen LogP) is 1.51.